The molecule has 7 nitrogen and oxygen atoms in total. The summed E-state index contributed by atoms with van der Waals surface area (Å²) < 4.78 is 5.73. The molecule has 0 unspecified atom stereocenters. The minimum atomic E-state index is -0.505. The van der Waals surface area contributed by atoms with E-state index in [1.807, 2.05) is 60.7 Å². The van der Waals surface area contributed by atoms with Crippen LogP contribution in [0.1, 0.15) is 20.8 Å². The summed E-state index contributed by atoms with van der Waals surface area (Å²) in [6, 6.07) is 27.0. The van der Waals surface area contributed by atoms with Gasteiger partial charge < -0.3 is 4.74 Å². The zero-order valence-electron chi connectivity index (χ0n) is 15.8. The van der Waals surface area contributed by atoms with Gasteiger partial charge >= 0.3 is 0 Å². The molecule has 30 heavy (non-hydrogen) atoms. The molecule has 0 fully saturated rings. The summed E-state index contributed by atoms with van der Waals surface area (Å²) in [4.78, 5) is 24.7. The van der Waals surface area contributed by atoms with E-state index in [1.54, 1.807) is 30.3 Å². The van der Waals surface area contributed by atoms with E-state index in [-0.39, 0.29) is 5.69 Å². The van der Waals surface area contributed by atoms with Gasteiger partial charge in [-0.15, -0.1) is 0 Å². The molecular formula is C23H18N4O3. The molecule has 4 rings (SSSR count). The number of H-pyrrole nitrogens is 1. The molecule has 0 saturated heterocycles. The molecule has 0 saturated carbocycles. The summed E-state index contributed by atoms with van der Waals surface area (Å²) in [5.74, 6) is 0.206. The molecule has 7 heteroatoms. The predicted octanol–water partition coefficient (Wildman–Crippen LogP) is 3.94. The van der Waals surface area contributed by atoms with Crippen molar-refractivity contribution in [1.29, 1.82) is 0 Å². The lowest BCUT2D eigenvalue weighted by Crippen LogP contribution is -2.41. The molecule has 3 aromatic carbocycles. The highest BCUT2D eigenvalue weighted by molar-refractivity contribution is 5.98. The van der Waals surface area contributed by atoms with Crippen molar-refractivity contribution in [2.45, 2.75) is 0 Å². The second kappa shape index (κ2) is 8.74. The Kier molecular flexibility index (Phi) is 5.52. The number of hydrogen-bond acceptors (Lipinski definition) is 4. The van der Waals surface area contributed by atoms with Gasteiger partial charge in [-0.25, -0.2) is 0 Å². The van der Waals surface area contributed by atoms with Crippen LogP contribution in [0.3, 0.4) is 0 Å². The first-order chi connectivity index (χ1) is 14.7. The van der Waals surface area contributed by atoms with Crippen LogP contribution in [0.25, 0.3) is 11.3 Å². The predicted molar refractivity (Wildman–Crippen MR) is 112 cm³/mol. The summed E-state index contributed by atoms with van der Waals surface area (Å²) in [6.45, 7) is 0. The third-order valence-electron chi connectivity index (χ3n) is 4.26. The quantitative estimate of drug-likeness (QED) is 0.444. The van der Waals surface area contributed by atoms with E-state index < -0.39 is 11.8 Å². The highest BCUT2D eigenvalue weighted by Crippen LogP contribution is 2.21. The number of aromatic amines is 1. The van der Waals surface area contributed by atoms with E-state index >= 15 is 0 Å². The maximum absolute atomic E-state index is 12.4. The number of aromatic nitrogens is 2. The van der Waals surface area contributed by atoms with Crippen LogP contribution < -0.4 is 15.6 Å². The summed E-state index contributed by atoms with van der Waals surface area (Å²) in [5.41, 5.74) is 6.87. The summed E-state index contributed by atoms with van der Waals surface area (Å²) in [7, 11) is 0. The first kappa shape index (κ1) is 18.9. The Bertz CT molecular complexity index is 1160. The normalized spacial score (nSPS) is 10.3. The van der Waals surface area contributed by atoms with Gasteiger partial charge in [-0.2, -0.15) is 5.10 Å². The Balaban J connectivity index is 1.37. The van der Waals surface area contributed by atoms with E-state index in [2.05, 4.69) is 21.0 Å². The molecular weight excluding hydrogens is 380 g/mol. The zero-order chi connectivity index (χ0) is 20.8. The fourth-order valence-electron chi connectivity index (χ4n) is 2.77. The monoisotopic (exact) mass is 398 g/mol. The second-order valence-corrected chi connectivity index (χ2v) is 6.38. The van der Waals surface area contributed by atoms with Crippen molar-refractivity contribution in [3.8, 4) is 22.8 Å². The number of ether oxygens (including phenoxy) is 1. The Morgan fingerprint density at radius 2 is 1.40 bits per heavy atom. The standard InChI is InChI=1S/C23H18N4O3/c28-22(17-10-7-13-19(14-17)30-18-11-5-2-6-12-18)26-27-23(29)21-15-20(24-25-21)16-8-3-1-4-9-16/h1-15H,(H,24,25)(H,26,28)(H,27,29). The number of rotatable bonds is 5. The van der Waals surface area contributed by atoms with Crippen LogP contribution in [0.15, 0.2) is 91.0 Å². The Labute approximate surface area is 172 Å². The average Bonchev–Trinajstić information content (AvgIpc) is 3.29. The molecule has 0 aliphatic heterocycles. The zero-order valence-corrected chi connectivity index (χ0v) is 15.8. The van der Waals surface area contributed by atoms with Crippen molar-refractivity contribution in [2.75, 3.05) is 0 Å². The molecule has 0 aliphatic carbocycles. The van der Waals surface area contributed by atoms with Gasteiger partial charge in [0.25, 0.3) is 11.8 Å². The minimum absolute atomic E-state index is 0.232. The number of carbonyl (C=O) groups excluding carboxylic acids is 2. The lowest BCUT2D eigenvalue weighted by atomic mass is 10.1. The van der Waals surface area contributed by atoms with E-state index in [9.17, 15) is 9.59 Å². The number of amides is 2. The summed E-state index contributed by atoms with van der Waals surface area (Å²) in [5, 5.41) is 6.80. The molecule has 0 spiro atoms. The Morgan fingerprint density at radius 1 is 0.733 bits per heavy atom. The molecule has 1 heterocycles. The van der Waals surface area contributed by atoms with Gasteiger partial charge in [-0.05, 0) is 36.4 Å². The topological polar surface area (TPSA) is 96.1 Å². The van der Waals surface area contributed by atoms with Gasteiger partial charge in [0.05, 0.1) is 5.69 Å². The fraction of sp³-hybridized carbons (Fsp3) is 0. The largest absolute Gasteiger partial charge is 0.457 e. The highest BCUT2D eigenvalue weighted by atomic mass is 16.5. The van der Waals surface area contributed by atoms with Crippen LogP contribution >= 0.6 is 0 Å². The van der Waals surface area contributed by atoms with Crippen molar-refractivity contribution in [1.82, 2.24) is 21.0 Å². The number of nitrogens with zero attached hydrogens (tertiary/aromatic N) is 1. The van der Waals surface area contributed by atoms with E-state index in [0.717, 1.165) is 5.56 Å². The van der Waals surface area contributed by atoms with Gasteiger partial charge in [0.1, 0.15) is 17.2 Å². The number of nitrogens with one attached hydrogen (secondary N) is 3. The molecule has 3 N–H and O–H groups in total. The number of benzene rings is 3. The van der Waals surface area contributed by atoms with Crippen molar-refractivity contribution in [3.05, 3.63) is 102 Å². The lowest BCUT2D eigenvalue weighted by Gasteiger charge is -2.09. The maximum Gasteiger partial charge on any atom is 0.287 e. The highest BCUT2D eigenvalue weighted by Gasteiger charge is 2.13. The molecule has 1 aromatic heterocycles. The lowest BCUT2D eigenvalue weighted by molar-refractivity contribution is 0.0844. The minimum Gasteiger partial charge on any atom is -0.457 e. The first-order valence-corrected chi connectivity index (χ1v) is 9.23. The van der Waals surface area contributed by atoms with Gasteiger partial charge in [0, 0.05) is 11.1 Å². The summed E-state index contributed by atoms with van der Waals surface area (Å²) in [6.07, 6.45) is 0. The second-order valence-electron chi connectivity index (χ2n) is 6.38. The Morgan fingerprint density at radius 3 is 2.17 bits per heavy atom. The van der Waals surface area contributed by atoms with Crippen molar-refractivity contribution in [3.63, 3.8) is 0 Å². The number of hydrogen-bond donors (Lipinski definition) is 3. The molecule has 0 radical (unpaired) electrons. The van der Waals surface area contributed by atoms with Crippen LogP contribution in [0, 0.1) is 0 Å². The fourth-order valence-corrected chi connectivity index (χ4v) is 2.77. The molecule has 148 valence electrons. The van der Waals surface area contributed by atoms with Gasteiger partial charge in [-0.3, -0.25) is 25.5 Å². The third-order valence-corrected chi connectivity index (χ3v) is 4.26. The maximum atomic E-state index is 12.4. The van der Waals surface area contributed by atoms with Crippen molar-refractivity contribution in [2.24, 2.45) is 0 Å². The van der Waals surface area contributed by atoms with Crippen molar-refractivity contribution < 1.29 is 14.3 Å². The van der Waals surface area contributed by atoms with Crippen LogP contribution in [0.2, 0.25) is 0 Å². The van der Waals surface area contributed by atoms with Gasteiger partial charge in [0.2, 0.25) is 0 Å². The average molecular weight is 398 g/mol. The first-order valence-electron chi connectivity index (χ1n) is 9.23. The van der Waals surface area contributed by atoms with Crippen molar-refractivity contribution >= 4 is 11.8 Å². The SMILES string of the molecule is O=C(NNC(=O)c1cc(-c2ccccc2)n[nH]1)c1cccc(Oc2ccccc2)c1. The van der Waals surface area contributed by atoms with Crippen LogP contribution in [0.5, 0.6) is 11.5 Å². The molecule has 4 aromatic rings. The summed E-state index contributed by atoms with van der Waals surface area (Å²) >= 11 is 0. The van der Waals surface area contributed by atoms with Crippen LogP contribution in [-0.2, 0) is 0 Å². The molecule has 2 amide bonds. The smallest absolute Gasteiger partial charge is 0.287 e. The van der Waals surface area contributed by atoms with E-state index in [0.29, 0.717) is 22.8 Å². The van der Waals surface area contributed by atoms with E-state index in [1.165, 1.54) is 0 Å². The van der Waals surface area contributed by atoms with E-state index in [4.69, 9.17) is 4.74 Å². The molecule has 0 aliphatic rings. The molecule has 0 bridgehead atoms. The van der Waals surface area contributed by atoms with Gasteiger partial charge in [0.15, 0.2) is 0 Å². The number of carbonyl (C=O) groups is 2. The van der Waals surface area contributed by atoms with Gasteiger partial charge in [-0.1, -0.05) is 54.6 Å². The Hall–Kier alpha value is -4.39. The van der Waals surface area contributed by atoms with Crippen LogP contribution in [0.4, 0.5) is 0 Å². The molecule has 0 atom stereocenters. The number of para-hydroxylation sites is 1. The third kappa shape index (κ3) is 4.53. The number of hydrazine groups is 1. The van der Waals surface area contributed by atoms with Crippen LogP contribution in [-0.4, -0.2) is 22.0 Å².